The summed E-state index contributed by atoms with van der Waals surface area (Å²) in [5.74, 6) is 0. The van der Waals surface area contributed by atoms with Crippen molar-refractivity contribution in [3.05, 3.63) is 0 Å². The zero-order valence-electron chi connectivity index (χ0n) is 10.8. The molecule has 0 aromatic carbocycles. The summed E-state index contributed by atoms with van der Waals surface area (Å²) in [5, 5.41) is 3.41. The van der Waals surface area contributed by atoms with Crippen LogP contribution >= 0.6 is 0 Å². The Morgan fingerprint density at radius 3 is 2.33 bits per heavy atom. The molecule has 2 atom stereocenters. The molecular weight excluding hydrogens is 186 g/mol. The minimum absolute atomic E-state index is 0.722. The SMILES string of the molecule is CCC(CC(C)N1CCNCC1)N(C)C. The van der Waals surface area contributed by atoms with Crippen LogP contribution in [-0.2, 0) is 0 Å². The van der Waals surface area contributed by atoms with Gasteiger partial charge in [-0.25, -0.2) is 0 Å². The van der Waals surface area contributed by atoms with Gasteiger partial charge in [0.1, 0.15) is 0 Å². The van der Waals surface area contributed by atoms with Gasteiger partial charge in [-0.05, 0) is 33.9 Å². The van der Waals surface area contributed by atoms with Crippen molar-refractivity contribution in [2.75, 3.05) is 40.3 Å². The summed E-state index contributed by atoms with van der Waals surface area (Å²) in [5.41, 5.74) is 0. The summed E-state index contributed by atoms with van der Waals surface area (Å²) < 4.78 is 0. The first kappa shape index (κ1) is 12.9. The maximum absolute atomic E-state index is 3.41. The molecule has 0 amide bonds. The molecule has 2 unspecified atom stereocenters. The van der Waals surface area contributed by atoms with Crippen molar-refractivity contribution in [1.82, 2.24) is 15.1 Å². The Kier molecular flexibility index (Phi) is 5.58. The van der Waals surface area contributed by atoms with Crippen molar-refractivity contribution >= 4 is 0 Å². The number of hydrogen-bond donors (Lipinski definition) is 1. The average Bonchev–Trinajstić information content (AvgIpc) is 2.26. The predicted molar refractivity (Wildman–Crippen MR) is 66.3 cm³/mol. The van der Waals surface area contributed by atoms with Crippen LogP contribution in [0, 0.1) is 0 Å². The van der Waals surface area contributed by atoms with E-state index in [0.717, 1.165) is 25.2 Å². The lowest BCUT2D eigenvalue weighted by Crippen LogP contribution is -2.49. The largest absolute Gasteiger partial charge is 0.314 e. The van der Waals surface area contributed by atoms with E-state index in [-0.39, 0.29) is 0 Å². The lowest BCUT2D eigenvalue weighted by Gasteiger charge is -2.36. The molecule has 1 N–H and O–H groups in total. The van der Waals surface area contributed by atoms with E-state index in [1.807, 2.05) is 0 Å². The Bertz CT molecular complexity index is 164. The van der Waals surface area contributed by atoms with Crippen LogP contribution in [0.3, 0.4) is 0 Å². The first-order valence-corrected chi connectivity index (χ1v) is 6.26. The highest BCUT2D eigenvalue weighted by Crippen LogP contribution is 2.13. The van der Waals surface area contributed by atoms with E-state index in [2.05, 4.69) is 43.1 Å². The van der Waals surface area contributed by atoms with Crippen molar-refractivity contribution in [3.8, 4) is 0 Å². The van der Waals surface area contributed by atoms with Gasteiger partial charge in [0, 0.05) is 38.3 Å². The van der Waals surface area contributed by atoms with Crippen molar-refractivity contribution in [2.24, 2.45) is 0 Å². The first-order valence-electron chi connectivity index (χ1n) is 6.26. The van der Waals surface area contributed by atoms with Gasteiger partial charge >= 0.3 is 0 Å². The van der Waals surface area contributed by atoms with Gasteiger partial charge < -0.3 is 10.2 Å². The summed E-state index contributed by atoms with van der Waals surface area (Å²) in [6.07, 6.45) is 2.55. The zero-order valence-corrected chi connectivity index (χ0v) is 10.8. The minimum Gasteiger partial charge on any atom is -0.314 e. The molecule has 0 aromatic heterocycles. The van der Waals surface area contributed by atoms with Crippen LogP contribution in [0.2, 0.25) is 0 Å². The number of nitrogens with one attached hydrogen (secondary N) is 1. The van der Waals surface area contributed by atoms with E-state index in [4.69, 9.17) is 0 Å². The van der Waals surface area contributed by atoms with Crippen LogP contribution in [0.25, 0.3) is 0 Å². The van der Waals surface area contributed by atoms with Gasteiger partial charge in [-0.2, -0.15) is 0 Å². The van der Waals surface area contributed by atoms with Crippen LogP contribution in [0.15, 0.2) is 0 Å². The third-order valence-corrected chi connectivity index (χ3v) is 3.59. The fraction of sp³-hybridized carbons (Fsp3) is 1.00. The zero-order chi connectivity index (χ0) is 11.3. The van der Waals surface area contributed by atoms with Gasteiger partial charge in [-0.15, -0.1) is 0 Å². The molecule has 1 fully saturated rings. The van der Waals surface area contributed by atoms with Gasteiger partial charge in [0.05, 0.1) is 0 Å². The molecule has 0 aromatic rings. The Balaban J connectivity index is 2.34. The van der Waals surface area contributed by atoms with Crippen LogP contribution in [0.1, 0.15) is 26.7 Å². The average molecular weight is 213 g/mol. The van der Waals surface area contributed by atoms with Crippen molar-refractivity contribution in [1.29, 1.82) is 0 Å². The van der Waals surface area contributed by atoms with E-state index in [1.165, 1.54) is 25.9 Å². The lowest BCUT2D eigenvalue weighted by atomic mass is 10.0. The van der Waals surface area contributed by atoms with Gasteiger partial charge in [0.25, 0.3) is 0 Å². The number of rotatable bonds is 5. The molecule has 1 heterocycles. The standard InChI is InChI=1S/C12H27N3/c1-5-12(14(3)4)10-11(2)15-8-6-13-7-9-15/h11-13H,5-10H2,1-4H3. The molecule has 1 saturated heterocycles. The van der Waals surface area contributed by atoms with E-state index in [0.29, 0.717) is 0 Å². The molecule has 0 saturated carbocycles. The molecule has 1 rings (SSSR count). The summed E-state index contributed by atoms with van der Waals surface area (Å²) in [6, 6.07) is 1.45. The molecule has 3 nitrogen and oxygen atoms in total. The van der Waals surface area contributed by atoms with Gasteiger partial charge in [-0.3, -0.25) is 4.90 Å². The monoisotopic (exact) mass is 213 g/mol. The van der Waals surface area contributed by atoms with Crippen molar-refractivity contribution < 1.29 is 0 Å². The summed E-state index contributed by atoms with van der Waals surface area (Å²) in [4.78, 5) is 4.97. The van der Waals surface area contributed by atoms with Gasteiger partial charge in [0.15, 0.2) is 0 Å². The van der Waals surface area contributed by atoms with Crippen LogP contribution in [-0.4, -0.2) is 62.2 Å². The fourth-order valence-corrected chi connectivity index (χ4v) is 2.41. The molecule has 0 radical (unpaired) electrons. The molecule has 1 aliphatic heterocycles. The maximum atomic E-state index is 3.41. The molecule has 0 spiro atoms. The molecule has 90 valence electrons. The second-order valence-electron chi connectivity index (χ2n) is 4.90. The quantitative estimate of drug-likeness (QED) is 0.735. The molecular formula is C12H27N3. The molecule has 0 bridgehead atoms. The van der Waals surface area contributed by atoms with E-state index < -0.39 is 0 Å². The Hall–Kier alpha value is -0.120. The normalized spacial score (nSPS) is 23.0. The predicted octanol–water partition coefficient (Wildman–Crippen LogP) is 1.01. The summed E-state index contributed by atoms with van der Waals surface area (Å²) in [7, 11) is 4.39. The van der Waals surface area contributed by atoms with Crippen molar-refractivity contribution in [2.45, 2.75) is 38.8 Å². The van der Waals surface area contributed by atoms with Crippen molar-refractivity contribution in [3.63, 3.8) is 0 Å². The van der Waals surface area contributed by atoms with Gasteiger partial charge in [-0.1, -0.05) is 6.92 Å². The Morgan fingerprint density at radius 2 is 1.87 bits per heavy atom. The molecule has 3 heteroatoms. The molecule has 0 aliphatic carbocycles. The van der Waals surface area contributed by atoms with Crippen LogP contribution < -0.4 is 5.32 Å². The fourth-order valence-electron chi connectivity index (χ4n) is 2.41. The topological polar surface area (TPSA) is 18.5 Å². The van der Waals surface area contributed by atoms with Crippen LogP contribution in [0.4, 0.5) is 0 Å². The Morgan fingerprint density at radius 1 is 1.27 bits per heavy atom. The smallest absolute Gasteiger partial charge is 0.0110 e. The maximum Gasteiger partial charge on any atom is 0.0110 e. The molecule has 1 aliphatic rings. The molecule has 15 heavy (non-hydrogen) atoms. The Labute approximate surface area is 94.8 Å². The van der Waals surface area contributed by atoms with E-state index in [1.54, 1.807) is 0 Å². The first-order chi connectivity index (χ1) is 7.15. The second-order valence-corrected chi connectivity index (χ2v) is 4.90. The number of hydrogen-bond acceptors (Lipinski definition) is 3. The minimum atomic E-state index is 0.722. The highest BCUT2D eigenvalue weighted by molar-refractivity contribution is 4.78. The highest BCUT2D eigenvalue weighted by atomic mass is 15.2. The van der Waals surface area contributed by atoms with Gasteiger partial charge in [0.2, 0.25) is 0 Å². The number of nitrogens with zero attached hydrogens (tertiary/aromatic N) is 2. The lowest BCUT2D eigenvalue weighted by molar-refractivity contribution is 0.142. The van der Waals surface area contributed by atoms with Crippen LogP contribution in [0.5, 0.6) is 0 Å². The summed E-state index contributed by atoms with van der Waals surface area (Å²) in [6.45, 7) is 9.40. The second kappa shape index (κ2) is 6.46. The van der Waals surface area contributed by atoms with E-state index >= 15 is 0 Å². The number of piperazine rings is 1. The van der Waals surface area contributed by atoms with E-state index in [9.17, 15) is 0 Å². The third kappa shape index (κ3) is 4.09. The highest BCUT2D eigenvalue weighted by Gasteiger charge is 2.20. The summed E-state index contributed by atoms with van der Waals surface area (Å²) >= 11 is 0. The third-order valence-electron chi connectivity index (χ3n) is 3.59.